The van der Waals surface area contributed by atoms with Crippen LogP contribution in [0.1, 0.15) is 24.1 Å². The van der Waals surface area contributed by atoms with Gasteiger partial charge in [0.25, 0.3) is 0 Å². The third kappa shape index (κ3) is 1.23. The minimum Gasteiger partial charge on any atom is -0.358 e. The van der Waals surface area contributed by atoms with Gasteiger partial charge in [-0.05, 0) is 37.3 Å². The van der Waals surface area contributed by atoms with E-state index < -0.39 is 0 Å². The summed E-state index contributed by atoms with van der Waals surface area (Å²) in [6.45, 7) is 0. The molecule has 14 heavy (non-hydrogen) atoms. The van der Waals surface area contributed by atoms with Crippen molar-refractivity contribution in [1.29, 1.82) is 0 Å². The Hall–Kier alpha value is -1.28. The summed E-state index contributed by atoms with van der Waals surface area (Å²) < 4.78 is 0. The molecule has 0 saturated carbocycles. The molecular formula is C12H16N2. The first kappa shape index (κ1) is 9.28. The zero-order chi connectivity index (χ0) is 8.67. The molecule has 0 amide bonds. The molecule has 4 N–H and O–H groups in total. The van der Waals surface area contributed by atoms with Gasteiger partial charge in [0, 0.05) is 16.6 Å². The van der Waals surface area contributed by atoms with Crippen molar-refractivity contribution in [2.24, 2.45) is 0 Å². The maximum absolute atomic E-state index is 3.52. The van der Waals surface area contributed by atoms with Gasteiger partial charge in [0.15, 0.2) is 0 Å². The van der Waals surface area contributed by atoms with E-state index in [0.29, 0.717) is 0 Å². The molecule has 2 nitrogen and oxygen atoms in total. The Kier molecular flexibility index (Phi) is 2.30. The topological polar surface area (TPSA) is 50.8 Å². The Morgan fingerprint density at radius 2 is 1.79 bits per heavy atom. The number of aryl methyl sites for hydroxylation is 2. The minimum absolute atomic E-state index is 0. The highest BCUT2D eigenvalue weighted by Crippen LogP contribution is 2.28. The smallest absolute Gasteiger partial charge is 0.0458 e. The van der Waals surface area contributed by atoms with Crippen LogP contribution in [0.25, 0.3) is 10.9 Å². The van der Waals surface area contributed by atoms with E-state index in [9.17, 15) is 0 Å². The van der Waals surface area contributed by atoms with Crippen molar-refractivity contribution in [3.8, 4) is 0 Å². The zero-order valence-electron chi connectivity index (χ0n) is 8.34. The molecule has 1 aliphatic carbocycles. The number of hydrogen-bond donors (Lipinski definition) is 2. The van der Waals surface area contributed by atoms with Crippen LogP contribution in [-0.4, -0.2) is 4.98 Å². The van der Waals surface area contributed by atoms with E-state index in [-0.39, 0.29) is 6.15 Å². The lowest BCUT2D eigenvalue weighted by atomic mass is 9.96. The summed E-state index contributed by atoms with van der Waals surface area (Å²) in [4.78, 5) is 3.52. The summed E-state index contributed by atoms with van der Waals surface area (Å²) >= 11 is 0. The number of aromatic amines is 1. The lowest BCUT2D eigenvalue weighted by Gasteiger charge is -2.10. The van der Waals surface area contributed by atoms with E-state index in [1.807, 2.05) is 0 Å². The van der Waals surface area contributed by atoms with Crippen LogP contribution in [0, 0.1) is 0 Å². The van der Waals surface area contributed by atoms with Crippen LogP contribution in [0.5, 0.6) is 0 Å². The van der Waals surface area contributed by atoms with Crippen LogP contribution >= 0.6 is 0 Å². The molecule has 1 aromatic heterocycles. The van der Waals surface area contributed by atoms with Crippen molar-refractivity contribution < 1.29 is 0 Å². The molecule has 0 saturated heterocycles. The Balaban J connectivity index is 0.000000750. The number of hydrogen-bond acceptors (Lipinski definition) is 1. The van der Waals surface area contributed by atoms with Crippen molar-refractivity contribution in [2.75, 3.05) is 0 Å². The van der Waals surface area contributed by atoms with E-state index in [2.05, 4.69) is 29.2 Å². The van der Waals surface area contributed by atoms with Crippen LogP contribution in [0.3, 0.4) is 0 Å². The van der Waals surface area contributed by atoms with E-state index in [1.54, 1.807) is 5.56 Å². The van der Waals surface area contributed by atoms with E-state index in [1.165, 1.54) is 42.3 Å². The van der Waals surface area contributed by atoms with Gasteiger partial charge in [-0.15, -0.1) is 0 Å². The van der Waals surface area contributed by atoms with Crippen molar-refractivity contribution in [3.05, 3.63) is 35.5 Å². The fourth-order valence-corrected chi connectivity index (χ4v) is 2.36. The summed E-state index contributed by atoms with van der Waals surface area (Å²) in [5, 5.41) is 1.44. The molecule has 1 aliphatic rings. The summed E-state index contributed by atoms with van der Waals surface area (Å²) in [7, 11) is 0. The molecule has 0 unspecified atom stereocenters. The zero-order valence-corrected chi connectivity index (χ0v) is 8.34. The fraction of sp³-hybridized carbons (Fsp3) is 0.333. The lowest BCUT2D eigenvalue weighted by molar-refractivity contribution is 0.680. The highest BCUT2D eigenvalue weighted by atomic mass is 14.7. The SMILES string of the molecule is N.c1ccc2c3c([nH]c2c1)CCCC3. The predicted molar refractivity (Wildman–Crippen MR) is 60.0 cm³/mol. The fourth-order valence-electron chi connectivity index (χ4n) is 2.36. The number of nitrogens with one attached hydrogen (secondary N) is 1. The molecule has 0 bridgehead atoms. The van der Waals surface area contributed by atoms with Crippen LogP contribution in [0.15, 0.2) is 24.3 Å². The lowest BCUT2D eigenvalue weighted by Crippen LogP contribution is -1.99. The van der Waals surface area contributed by atoms with Crippen LogP contribution in [0.2, 0.25) is 0 Å². The molecule has 74 valence electrons. The molecule has 0 spiro atoms. The van der Waals surface area contributed by atoms with Gasteiger partial charge in [0.2, 0.25) is 0 Å². The van der Waals surface area contributed by atoms with Gasteiger partial charge in [0.05, 0.1) is 0 Å². The second kappa shape index (κ2) is 3.46. The molecule has 0 aliphatic heterocycles. The largest absolute Gasteiger partial charge is 0.358 e. The normalized spacial score (nSPS) is 14.9. The first-order chi connectivity index (χ1) is 6.45. The van der Waals surface area contributed by atoms with Crippen molar-refractivity contribution in [3.63, 3.8) is 0 Å². The van der Waals surface area contributed by atoms with E-state index >= 15 is 0 Å². The van der Waals surface area contributed by atoms with Gasteiger partial charge in [-0.1, -0.05) is 18.2 Å². The van der Waals surface area contributed by atoms with Crippen LogP contribution in [0.4, 0.5) is 0 Å². The summed E-state index contributed by atoms with van der Waals surface area (Å²) in [6.07, 6.45) is 5.21. The van der Waals surface area contributed by atoms with Gasteiger partial charge in [-0.25, -0.2) is 0 Å². The number of aromatic nitrogens is 1. The first-order valence-electron chi connectivity index (χ1n) is 5.03. The van der Waals surface area contributed by atoms with E-state index in [0.717, 1.165) is 0 Å². The molecule has 1 aromatic carbocycles. The summed E-state index contributed by atoms with van der Waals surface area (Å²) in [6, 6.07) is 8.64. The van der Waals surface area contributed by atoms with Crippen LogP contribution in [-0.2, 0) is 12.8 Å². The molecule has 1 heterocycles. The third-order valence-corrected chi connectivity index (χ3v) is 3.01. The number of benzene rings is 1. The standard InChI is InChI=1S/C12H13N.H3N/c1-3-7-11-9(5-1)10-6-2-4-8-12(10)13-11;/h1,3,5,7,13H,2,4,6,8H2;1H3. The maximum atomic E-state index is 3.52. The summed E-state index contributed by atoms with van der Waals surface area (Å²) in [5.74, 6) is 0. The number of H-pyrrole nitrogens is 1. The maximum Gasteiger partial charge on any atom is 0.0458 e. The molecule has 0 atom stereocenters. The molecule has 2 heteroatoms. The summed E-state index contributed by atoms with van der Waals surface area (Å²) in [5.41, 5.74) is 4.36. The number of rotatable bonds is 0. The van der Waals surface area contributed by atoms with Crippen molar-refractivity contribution >= 4 is 10.9 Å². The molecule has 2 aromatic rings. The van der Waals surface area contributed by atoms with Crippen molar-refractivity contribution in [1.82, 2.24) is 11.1 Å². The molecule has 3 rings (SSSR count). The third-order valence-electron chi connectivity index (χ3n) is 3.01. The minimum atomic E-state index is 0. The first-order valence-corrected chi connectivity index (χ1v) is 5.03. The highest BCUT2D eigenvalue weighted by molar-refractivity contribution is 5.84. The Labute approximate surface area is 83.9 Å². The van der Waals surface area contributed by atoms with E-state index in [4.69, 9.17) is 0 Å². The molecular weight excluding hydrogens is 172 g/mol. The molecule has 0 radical (unpaired) electrons. The highest BCUT2D eigenvalue weighted by Gasteiger charge is 2.13. The number of fused-ring (bicyclic) bond motifs is 3. The second-order valence-corrected chi connectivity index (χ2v) is 3.83. The predicted octanol–water partition coefficient (Wildman–Crippen LogP) is 3.21. The Bertz CT molecular complexity index is 443. The Morgan fingerprint density at radius 3 is 2.71 bits per heavy atom. The second-order valence-electron chi connectivity index (χ2n) is 3.83. The number of para-hydroxylation sites is 1. The van der Waals surface area contributed by atoms with Crippen LogP contribution < -0.4 is 6.15 Å². The van der Waals surface area contributed by atoms with Gasteiger partial charge in [-0.2, -0.15) is 0 Å². The molecule has 0 fully saturated rings. The van der Waals surface area contributed by atoms with Gasteiger partial charge >= 0.3 is 0 Å². The van der Waals surface area contributed by atoms with Gasteiger partial charge < -0.3 is 11.1 Å². The van der Waals surface area contributed by atoms with Gasteiger partial charge in [0.1, 0.15) is 0 Å². The quantitative estimate of drug-likeness (QED) is 0.655. The average Bonchev–Trinajstić information content (AvgIpc) is 2.56. The van der Waals surface area contributed by atoms with Crippen molar-refractivity contribution in [2.45, 2.75) is 25.7 Å². The Morgan fingerprint density at radius 1 is 1.00 bits per heavy atom. The monoisotopic (exact) mass is 188 g/mol. The van der Waals surface area contributed by atoms with Gasteiger partial charge in [-0.3, -0.25) is 0 Å². The average molecular weight is 188 g/mol.